The number of aliphatic hydroxyl groups is 1. The summed E-state index contributed by atoms with van der Waals surface area (Å²) in [6, 6.07) is 5.49. The van der Waals surface area contributed by atoms with E-state index in [9.17, 15) is 10.1 Å². The zero-order valence-corrected chi connectivity index (χ0v) is 13.4. The number of β-amino-alcohol motifs (C(OH)–C–C–N with tert-alkyl or cyclic N) is 1. The topological polar surface area (TPSA) is 73.1 Å². The summed E-state index contributed by atoms with van der Waals surface area (Å²) in [5, 5.41) is 20.4. The Morgan fingerprint density at radius 1 is 1.04 bits per heavy atom. The van der Waals surface area contributed by atoms with Crippen molar-refractivity contribution in [2.75, 3.05) is 62.2 Å². The second-order valence-corrected chi connectivity index (χ2v) is 6.18. The maximum Gasteiger partial charge on any atom is 0.292 e. The minimum absolute atomic E-state index is 0.157. The fourth-order valence-electron chi connectivity index (χ4n) is 3.45. The van der Waals surface area contributed by atoms with Crippen LogP contribution in [0.1, 0.15) is 12.8 Å². The summed E-state index contributed by atoms with van der Waals surface area (Å²) >= 11 is 0. The minimum Gasteiger partial charge on any atom is -0.395 e. The van der Waals surface area contributed by atoms with E-state index in [1.54, 1.807) is 6.07 Å². The van der Waals surface area contributed by atoms with E-state index in [2.05, 4.69) is 14.7 Å². The van der Waals surface area contributed by atoms with E-state index in [1.165, 1.54) is 12.8 Å². The standard InChI is InChI=1S/C16H24N4O3/c21-12-11-17-7-9-19(10-8-17)16-13-14(18-5-1-2-6-18)3-4-15(16)20(22)23/h3-4,13,21H,1-2,5-12H2. The molecule has 0 aliphatic carbocycles. The van der Waals surface area contributed by atoms with Crippen molar-refractivity contribution in [2.45, 2.75) is 12.8 Å². The lowest BCUT2D eigenvalue weighted by atomic mass is 10.2. The normalized spacial score (nSPS) is 19.3. The number of anilines is 2. The van der Waals surface area contributed by atoms with Crippen LogP contribution in [0.15, 0.2) is 18.2 Å². The lowest BCUT2D eigenvalue weighted by Crippen LogP contribution is -2.47. The molecule has 0 atom stereocenters. The molecule has 0 unspecified atom stereocenters. The number of hydrogen-bond donors (Lipinski definition) is 1. The lowest BCUT2D eigenvalue weighted by molar-refractivity contribution is -0.384. The Morgan fingerprint density at radius 3 is 2.35 bits per heavy atom. The van der Waals surface area contributed by atoms with Crippen LogP contribution in [0.2, 0.25) is 0 Å². The number of hydrogen-bond acceptors (Lipinski definition) is 6. The van der Waals surface area contributed by atoms with Crippen molar-refractivity contribution in [1.82, 2.24) is 4.90 Å². The van der Waals surface area contributed by atoms with Crippen LogP contribution in [-0.2, 0) is 0 Å². The monoisotopic (exact) mass is 320 g/mol. The van der Waals surface area contributed by atoms with Crippen LogP contribution in [0, 0.1) is 10.1 Å². The molecule has 2 fully saturated rings. The van der Waals surface area contributed by atoms with Gasteiger partial charge in [-0.1, -0.05) is 0 Å². The number of nitro benzene ring substituents is 1. The molecule has 2 aliphatic heterocycles. The van der Waals surface area contributed by atoms with Crippen LogP contribution < -0.4 is 9.80 Å². The minimum atomic E-state index is -0.289. The van der Waals surface area contributed by atoms with Crippen molar-refractivity contribution in [2.24, 2.45) is 0 Å². The Kier molecular flexibility index (Phi) is 4.97. The van der Waals surface area contributed by atoms with E-state index in [0.29, 0.717) is 6.54 Å². The summed E-state index contributed by atoms with van der Waals surface area (Å²) < 4.78 is 0. The van der Waals surface area contributed by atoms with Gasteiger partial charge < -0.3 is 14.9 Å². The van der Waals surface area contributed by atoms with Gasteiger partial charge in [-0.15, -0.1) is 0 Å². The first-order valence-corrected chi connectivity index (χ1v) is 8.30. The molecule has 7 heteroatoms. The summed E-state index contributed by atoms with van der Waals surface area (Å²) in [6.45, 7) is 6.04. The third kappa shape index (κ3) is 3.56. The molecule has 2 aliphatic rings. The summed E-state index contributed by atoms with van der Waals surface area (Å²) in [7, 11) is 0. The highest BCUT2D eigenvalue weighted by Gasteiger charge is 2.25. The maximum absolute atomic E-state index is 11.4. The number of benzene rings is 1. The third-order valence-electron chi connectivity index (χ3n) is 4.76. The van der Waals surface area contributed by atoms with Crippen molar-refractivity contribution in [1.29, 1.82) is 0 Å². The van der Waals surface area contributed by atoms with Gasteiger partial charge in [0.15, 0.2) is 0 Å². The molecular formula is C16H24N4O3. The molecule has 1 aromatic carbocycles. The van der Waals surface area contributed by atoms with Crippen LogP contribution in [0.3, 0.4) is 0 Å². The van der Waals surface area contributed by atoms with Crippen molar-refractivity contribution in [3.8, 4) is 0 Å². The Balaban J connectivity index is 1.81. The van der Waals surface area contributed by atoms with Crippen molar-refractivity contribution in [3.05, 3.63) is 28.3 Å². The lowest BCUT2D eigenvalue weighted by Gasteiger charge is -2.35. The largest absolute Gasteiger partial charge is 0.395 e. The Morgan fingerprint density at radius 2 is 1.74 bits per heavy atom. The number of rotatable bonds is 5. The van der Waals surface area contributed by atoms with Crippen LogP contribution >= 0.6 is 0 Å². The summed E-state index contributed by atoms with van der Waals surface area (Å²) in [6.07, 6.45) is 2.37. The average molecular weight is 320 g/mol. The van der Waals surface area contributed by atoms with E-state index < -0.39 is 0 Å². The van der Waals surface area contributed by atoms with Gasteiger partial charge >= 0.3 is 0 Å². The molecular weight excluding hydrogens is 296 g/mol. The van der Waals surface area contributed by atoms with Gasteiger partial charge in [0.2, 0.25) is 0 Å². The quantitative estimate of drug-likeness (QED) is 0.651. The van der Waals surface area contributed by atoms with Crippen LogP contribution in [-0.4, -0.2) is 67.3 Å². The first-order valence-electron chi connectivity index (χ1n) is 8.30. The van der Waals surface area contributed by atoms with E-state index in [4.69, 9.17) is 5.11 Å². The summed E-state index contributed by atoms with van der Waals surface area (Å²) in [5.41, 5.74) is 1.99. The summed E-state index contributed by atoms with van der Waals surface area (Å²) in [4.78, 5) is 17.7. The molecule has 0 amide bonds. The van der Waals surface area contributed by atoms with Gasteiger partial charge in [0.25, 0.3) is 5.69 Å². The van der Waals surface area contributed by atoms with Crippen LogP contribution in [0.25, 0.3) is 0 Å². The molecule has 23 heavy (non-hydrogen) atoms. The zero-order chi connectivity index (χ0) is 16.2. The van der Waals surface area contributed by atoms with Gasteiger partial charge in [-0.2, -0.15) is 0 Å². The molecule has 126 valence electrons. The van der Waals surface area contributed by atoms with Gasteiger partial charge in [0.1, 0.15) is 5.69 Å². The summed E-state index contributed by atoms with van der Waals surface area (Å²) in [5.74, 6) is 0. The molecule has 0 aromatic heterocycles. The maximum atomic E-state index is 11.4. The van der Waals surface area contributed by atoms with Gasteiger partial charge in [0.05, 0.1) is 11.5 Å². The zero-order valence-electron chi connectivity index (χ0n) is 13.4. The molecule has 7 nitrogen and oxygen atoms in total. The predicted octanol–water partition coefficient (Wildman–Crippen LogP) is 1.31. The van der Waals surface area contributed by atoms with Gasteiger partial charge in [-0.25, -0.2) is 0 Å². The van der Waals surface area contributed by atoms with Crippen LogP contribution in [0.4, 0.5) is 17.1 Å². The molecule has 1 aromatic rings. The molecule has 0 saturated carbocycles. The van der Waals surface area contributed by atoms with Crippen molar-refractivity contribution < 1.29 is 10.0 Å². The van der Waals surface area contributed by atoms with E-state index in [-0.39, 0.29) is 17.2 Å². The van der Waals surface area contributed by atoms with E-state index in [1.807, 2.05) is 12.1 Å². The Hall–Kier alpha value is -1.86. The second kappa shape index (κ2) is 7.14. The first kappa shape index (κ1) is 16.0. The highest BCUT2D eigenvalue weighted by Crippen LogP contribution is 2.34. The number of nitro groups is 1. The smallest absolute Gasteiger partial charge is 0.292 e. The van der Waals surface area contributed by atoms with E-state index in [0.717, 1.165) is 50.6 Å². The fourth-order valence-corrected chi connectivity index (χ4v) is 3.45. The number of aliphatic hydroxyl groups excluding tert-OH is 1. The number of nitrogens with zero attached hydrogens (tertiary/aromatic N) is 4. The molecule has 0 radical (unpaired) electrons. The molecule has 3 rings (SSSR count). The Labute approximate surface area is 136 Å². The first-order chi connectivity index (χ1) is 11.2. The highest BCUT2D eigenvalue weighted by molar-refractivity contribution is 5.70. The fraction of sp³-hybridized carbons (Fsp3) is 0.625. The molecule has 1 N–H and O–H groups in total. The van der Waals surface area contributed by atoms with Gasteiger partial charge in [-0.05, 0) is 25.0 Å². The Bertz CT molecular complexity index is 552. The molecule has 0 spiro atoms. The molecule has 2 saturated heterocycles. The number of piperazine rings is 1. The predicted molar refractivity (Wildman–Crippen MR) is 90.3 cm³/mol. The third-order valence-corrected chi connectivity index (χ3v) is 4.76. The average Bonchev–Trinajstić information content (AvgIpc) is 3.10. The van der Waals surface area contributed by atoms with E-state index >= 15 is 0 Å². The molecule has 0 bridgehead atoms. The van der Waals surface area contributed by atoms with Crippen LogP contribution in [0.5, 0.6) is 0 Å². The van der Waals surface area contributed by atoms with Gasteiger partial charge in [0, 0.05) is 57.6 Å². The highest BCUT2D eigenvalue weighted by atomic mass is 16.6. The molecule has 2 heterocycles. The van der Waals surface area contributed by atoms with Gasteiger partial charge in [-0.3, -0.25) is 15.0 Å². The SMILES string of the molecule is O=[N+]([O-])c1ccc(N2CCCC2)cc1N1CCN(CCO)CC1. The van der Waals surface area contributed by atoms with Crippen molar-refractivity contribution >= 4 is 17.1 Å². The second-order valence-electron chi connectivity index (χ2n) is 6.18. The van der Waals surface area contributed by atoms with Crippen molar-refractivity contribution in [3.63, 3.8) is 0 Å².